The van der Waals surface area contributed by atoms with Crippen LogP contribution in [0, 0.1) is 0 Å². The lowest BCUT2D eigenvalue weighted by atomic mass is 10.2. The van der Waals surface area contributed by atoms with Gasteiger partial charge in [0.1, 0.15) is 5.75 Å². The molecular weight excluding hydrogens is 294 g/mol. The summed E-state index contributed by atoms with van der Waals surface area (Å²) in [4.78, 5) is 0.755. The van der Waals surface area contributed by atoms with Crippen LogP contribution in [0.1, 0.15) is 0 Å². The molecule has 0 aliphatic heterocycles. The van der Waals surface area contributed by atoms with Crippen LogP contribution in [0.2, 0.25) is 0 Å². The highest BCUT2D eigenvalue weighted by molar-refractivity contribution is 7.94. The van der Waals surface area contributed by atoms with Crippen LogP contribution in [0.4, 0.5) is 17.1 Å². The zero-order valence-electron chi connectivity index (χ0n) is 11.2. The molecular formula is C13H15N3O4S. The van der Waals surface area contributed by atoms with Crippen molar-refractivity contribution in [2.24, 2.45) is 0 Å². The Hall–Kier alpha value is -2.13. The molecule has 0 aromatic heterocycles. The van der Waals surface area contributed by atoms with E-state index in [0.717, 1.165) is 28.3 Å². The summed E-state index contributed by atoms with van der Waals surface area (Å²) in [6.07, 6.45) is 0. The Kier molecular flexibility index (Phi) is 5.52. The van der Waals surface area contributed by atoms with Gasteiger partial charge in [0.25, 0.3) is 0 Å². The molecule has 2 aromatic carbocycles. The fraction of sp³-hybridized carbons (Fsp3) is 0.0769. The molecule has 0 saturated carbocycles. The van der Waals surface area contributed by atoms with Crippen LogP contribution < -0.4 is 21.3 Å². The largest absolute Gasteiger partial charge is 0.495 e. The minimum Gasteiger partial charge on any atom is -0.495 e. The summed E-state index contributed by atoms with van der Waals surface area (Å²) in [6.45, 7) is 0. The minimum atomic E-state index is 0.572. The van der Waals surface area contributed by atoms with Crippen molar-refractivity contribution in [3.8, 4) is 5.75 Å². The quantitative estimate of drug-likeness (QED) is 0.268. The monoisotopic (exact) mass is 309 g/mol. The lowest BCUT2D eigenvalue weighted by molar-refractivity contribution is -0.432. The van der Waals surface area contributed by atoms with Gasteiger partial charge in [-0.15, -0.1) is 4.33 Å². The summed E-state index contributed by atoms with van der Waals surface area (Å²) >= 11 is 0.888. The van der Waals surface area contributed by atoms with Crippen molar-refractivity contribution >= 4 is 29.1 Å². The van der Waals surface area contributed by atoms with Crippen LogP contribution in [0.5, 0.6) is 5.75 Å². The standard InChI is InChI=1S/C13H15N3O4S/c1-18-13-8-10(5-6-12(13)14)16-15-9-3-2-4-11(7-9)21-20-19-17/h2-8,15-17H,14H2,1H3. The summed E-state index contributed by atoms with van der Waals surface area (Å²) in [5.74, 6) is 0.597. The summed E-state index contributed by atoms with van der Waals surface area (Å²) in [7, 11) is 1.56. The molecule has 0 unspecified atom stereocenters. The molecule has 21 heavy (non-hydrogen) atoms. The van der Waals surface area contributed by atoms with E-state index in [1.54, 1.807) is 25.3 Å². The number of rotatable bonds is 7. The van der Waals surface area contributed by atoms with Gasteiger partial charge in [-0.1, -0.05) is 11.1 Å². The normalized spacial score (nSPS) is 10.2. The lowest BCUT2D eigenvalue weighted by Gasteiger charge is -2.12. The second kappa shape index (κ2) is 7.60. The maximum Gasteiger partial charge on any atom is 0.143 e. The van der Waals surface area contributed by atoms with E-state index in [2.05, 4.69) is 20.2 Å². The number of hydrazine groups is 1. The van der Waals surface area contributed by atoms with Crippen LogP contribution >= 0.6 is 12.0 Å². The van der Waals surface area contributed by atoms with E-state index < -0.39 is 0 Å². The minimum absolute atomic E-state index is 0.572. The Bertz CT molecular complexity index is 597. The molecule has 0 atom stereocenters. The Morgan fingerprint density at radius 1 is 1.10 bits per heavy atom. The molecule has 2 rings (SSSR count). The number of nitrogens with two attached hydrogens (primary N) is 1. The first-order valence-corrected chi connectivity index (χ1v) is 6.67. The highest BCUT2D eigenvalue weighted by Gasteiger charge is 2.02. The van der Waals surface area contributed by atoms with E-state index in [1.165, 1.54) is 0 Å². The zero-order valence-corrected chi connectivity index (χ0v) is 12.0. The molecule has 0 radical (unpaired) electrons. The van der Waals surface area contributed by atoms with Crippen LogP contribution in [0.3, 0.4) is 0 Å². The fourth-order valence-electron chi connectivity index (χ4n) is 1.61. The van der Waals surface area contributed by atoms with Crippen LogP contribution in [-0.2, 0) is 9.37 Å². The van der Waals surface area contributed by atoms with Crippen molar-refractivity contribution in [1.29, 1.82) is 0 Å². The Labute approximate surface area is 126 Å². The van der Waals surface area contributed by atoms with Gasteiger partial charge in [0.15, 0.2) is 0 Å². The fourth-order valence-corrected chi connectivity index (χ4v) is 2.03. The number of ether oxygens (including phenoxy) is 1. The molecule has 8 heteroatoms. The number of anilines is 3. The van der Waals surface area contributed by atoms with E-state index in [1.807, 2.05) is 24.3 Å². The van der Waals surface area contributed by atoms with Crippen molar-refractivity contribution in [3.63, 3.8) is 0 Å². The smallest absolute Gasteiger partial charge is 0.143 e. The molecule has 0 saturated heterocycles. The van der Waals surface area contributed by atoms with Crippen LogP contribution in [0.15, 0.2) is 47.4 Å². The first-order chi connectivity index (χ1) is 10.2. The van der Waals surface area contributed by atoms with Crippen LogP contribution in [0.25, 0.3) is 0 Å². The lowest BCUT2D eigenvalue weighted by Crippen LogP contribution is -2.08. The summed E-state index contributed by atoms with van der Waals surface area (Å²) in [5.41, 5.74) is 14.0. The number of nitrogens with one attached hydrogen (secondary N) is 2. The first kappa shape index (κ1) is 15.3. The molecule has 0 aliphatic rings. The third-order valence-corrected chi connectivity index (χ3v) is 3.15. The van der Waals surface area contributed by atoms with E-state index >= 15 is 0 Å². The number of hydrogen-bond donors (Lipinski definition) is 4. The highest BCUT2D eigenvalue weighted by atomic mass is 32.2. The summed E-state index contributed by atoms with van der Waals surface area (Å²) < 4.78 is 9.53. The maximum atomic E-state index is 8.13. The SMILES string of the molecule is COc1cc(NNc2cccc(SOOO)c2)ccc1N. The van der Waals surface area contributed by atoms with Crippen LogP contribution in [-0.4, -0.2) is 12.4 Å². The second-order valence-corrected chi connectivity index (χ2v) is 4.73. The van der Waals surface area contributed by atoms with Gasteiger partial charge in [-0.25, -0.2) is 5.26 Å². The van der Waals surface area contributed by atoms with Gasteiger partial charge in [-0.3, -0.25) is 0 Å². The highest BCUT2D eigenvalue weighted by Crippen LogP contribution is 2.26. The maximum absolute atomic E-state index is 8.13. The van der Waals surface area contributed by atoms with Gasteiger partial charge >= 0.3 is 0 Å². The molecule has 0 aliphatic carbocycles. The van der Waals surface area contributed by atoms with Gasteiger partial charge < -0.3 is 21.3 Å². The number of benzene rings is 2. The Balaban J connectivity index is 1.99. The molecule has 0 fully saturated rings. The number of methoxy groups -OCH3 is 1. The van der Waals surface area contributed by atoms with E-state index in [9.17, 15) is 0 Å². The van der Waals surface area contributed by atoms with Gasteiger partial charge in [-0.2, -0.15) is 0 Å². The zero-order chi connectivity index (χ0) is 15.1. The third-order valence-electron chi connectivity index (χ3n) is 2.58. The van der Waals surface area contributed by atoms with Crippen molar-refractivity contribution in [3.05, 3.63) is 42.5 Å². The average Bonchev–Trinajstić information content (AvgIpc) is 2.52. The molecule has 5 N–H and O–H groups in total. The van der Waals surface area contributed by atoms with Crippen molar-refractivity contribution in [2.45, 2.75) is 4.90 Å². The average molecular weight is 309 g/mol. The first-order valence-electron chi connectivity index (χ1n) is 5.93. The van der Waals surface area contributed by atoms with Gasteiger partial charge in [0.05, 0.1) is 36.2 Å². The van der Waals surface area contributed by atoms with Gasteiger partial charge in [0, 0.05) is 11.0 Å². The molecule has 0 spiro atoms. The summed E-state index contributed by atoms with van der Waals surface area (Å²) in [6, 6.07) is 12.7. The van der Waals surface area contributed by atoms with E-state index in [0.29, 0.717) is 11.4 Å². The molecule has 0 bridgehead atoms. The van der Waals surface area contributed by atoms with Crippen molar-refractivity contribution in [2.75, 3.05) is 23.7 Å². The summed E-state index contributed by atoms with van der Waals surface area (Å²) in [5, 5.41) is 11.7. The molecule has 0 amide bonds. The van der Waals surface area contributed by atoms with Crippen molar-refractivity contribution in [1.82, 2.24) is 0 Å². The molecule has 7 nitrogen and oxygen atoms in total. The van der Waals surface area contributed by atoms with Crippen molar-refractivity contribution < 1.29 is 19.4 Å². The number of hydrogen-bond acceptors (Lipinski definition) is 8. The Morgan fingerprint density at radius 3 is 2.57 bits per heavy atom. The van der Waals surface area contributed by atoms with E-state index in [4.69, 9.17) is 15.7 Å². The Morgan fingerprint density at radius 2 is 1.86 bits per heavy atom. The molecule has 2 aromatic rings. The third kappa shape index (κ3) is 4.43. The predicted octanol–water partition coefficient (Wildman–Crippen LogP) is 3.14. The molecule has 112 valence electrons. The van der Waals surface area contributed by atoms with Gasteiger partial charge in [-0.05, 0) is 30.3 Å². The van der Waals surface area contributed by atoms with Gasteiger partial charge in [0.2, 0.25) is 0 Å². The molecule has 0 heterocycles. The second-order valence-electron chi connectivity index (χ2n) is 3.96. The predicted molar refractivity (Wildman–Crippen MR) is 81.7 cm³/mol. The topological polar surface area (TPSA) is 98.0 Å². The number of nitrogen functional groups attached to an aromatic ring is 1. The van der Waals surface area contributed by atoms with E-state index in [-0.39, 0.29) is 0 Å².